The first-order valence-electron chi connectivity index (χ1n) is 9.62. The van der Waals surface area contributed by atoms with E-state index in [9.17, 15) is 18.3 Å². The molecule has 3 atom stereocenters. The van der Waals surface area contributed by atoms with Crippen LogP contribution in [-0.2, 0) is 14.8 Å². The average Bonchev–Trinajstić information content (AvgIpc) is 2.42. The summed E-state index contributed by atoms with van der Waals surface area (Å²) in [4.78, 5) is 12.7. The van der Waals surface area contributed by atoms with Crippen LogP contribution < -0.4 is 5.32 Å². The molecular weight excluding hydrogens is 340 g/mol. The highest BCUT2D eigenvalue weighted by molar-refractivity contribution is 7.88. The predicted molar refractivity (Wildman–Crippen MR) is 94.3 cm³/mol. The van der Waals surface area contributed by atoms with Crippen LogP contribution in [0, 0.1) is 17.3 Å². The van der Waals surface area contributed by atoms with E-state index in [2.05, 4.69) is 5.32 Å². The second kappa shape index (κ2) is 5.92. The Balaban J connectivity index is 1.38. The van der Waals surface area contributed by atoms with E-state index in [1.54, 1.807) is 0 Å². The lowest BCUT2D eigenvalue weighted by Gasteiger charge is -2.60. The highest BCUT2D eigenvalue weighted by Crippen LogP contribution is 2.62. The fourth-order valence-electron chi connectivity index (χ4n) is 6.59. The summed E-state index contributed by atoms with van der Waals surface area (Å²) in [6.07, 6.45) is 9.28. The smallest absolute Gasteiger partial charge is 0.220 e. The maximum absolute atomic E-state index is 12.7. The minimum atomic E-state index is -3.20. The Morgan fingerprint density at radius 1 is 1.24 bits per heavy atom. The largest absolute Gasteiger partial charge is 0.390 e. The number of nitrogens with one attached hydrogen (secondary N) is 1. The van der Waals surface area contributed by atoms with Gasteiger partial charge in [0, 0.05) is 25.6 Å². The van der Waals surface area contributed by atoms with Crippen molar-refractivity contribution in [3.05, 3.63) is 0 Å². The van der Waals surface area contributed by atoms with E-state index in [1.807, 2.05) is 0 Å². The molecule has 5 rings (SSSR count). The molecule has 1 heterocycles. The molecule has 0 aromatic rings. The molecule has 1 saturated heterocycles. The molecule has 6 nitrogen and oxygen atoms in total. The van der Waals surface area contributed by atoms with Crippen molar-refractivity contribution in [1.82, 2.24) is 9.62 Å². The number of carbonyl (C=O) groups excluding carboxylic acids is 1. The van der Waals surface area contributed by atoms with Crippen molar-refractivity contribution in [2.45, 2.75) is 69.4 Å². The highest BCUT2D eigenvalue weighted by Gasteiger charge is 2.57. The van der Waals surface area contributed by atoms with Gasteiger partial charge in [-0.25, -0.2) is 12.7 Å². The summed E-state index contributed by atoms with van der Waals surface area (Å²) in [5.74, 6) is 1.19. The second-order valence-corrected chi connectivity index (χ2v) is 11.4. The molecule has 2 N–H and O–H groups in total. The molecule has 142 valence electrons. The standard InChI is InChI=1S/C18H30N2O4S/c1-25(23,24)20-4-2-3-15(11-20)19-16(21)10-17-6-13-5-14(7-17)9-18(22,8-13)12-17/h13-15,22H,2-12H2,1H3,(H,19,21). The minimum absolute atomic E-state index is 0.0332. The van der Waals surface area contributed by atoms with Gasteiger partial charge in [0.25, 0.3) is 0 Å². The van der Waals surface area contributed by atoms with E-state index in [4.69, 9.17) is 0 Å². The van der Waals surface area contributed by atoms with Gasteiger partial charge in [0.1, 0.15) is 0 Å². The first-order valence-corrected chi connectivity index (χ1v) is 11.5. The van der Waals surface area contributed by atoms with Crippen molar-refractivity contribution >= 4 is 15.9 Å². The van der Waals surface area contributed by atoms with Gasteiger partial charge in [0.15, 0.2) is 0 Å². The molecule has 5 fully saturated rings. The lowest BCUT2D eigenvalue weighted by molar-refractivity contribution is -0.169. The van der Waals surface area contributed by atoms with E-state index in [0.717, 1.165) is 44.9 Å². The van der Waals surface area contributed by atoms with Crippen LogP contribution in [0.3, 0.4) is 0 Å². The third-order valence-corrected chi connectivity index (χ3v) is 8.17. The first-order chi connectivity index (χ1) is 11.6. The molecule has 7 heteroatoms. The van der Waals surface area contributed by atoms with Crippen molar-refractivity contribution in [1.29, 1.82) is 0 Å². The van der Waals surface area contributed by atoms with E-state index >= 15 is 0 Å². The Bertz CT molecular complexity index is 648. The molecule has 0 aromatic carbocycles. The Hall–Kier alpha value is -0.660. The van der Waals surface area contributed by atoms with E-state index in [-0.39, 0.29) is 17.4 Å². The summed E-state index contributed by atoms with van der Waals surface area (Å²) >= 11 is 0. The van der Waals surface area contributed by atoms with Crippen LogP contribution in [0.15, 0.2) is 0 Å². The van der Waals surface area contributed by atoms with Crippen LogP contribution >= 0.6 is 0 Å². The van der Waals surface area contributed by atoms with Gasteiger partial charge < -0.3 is 10.4 Å². The molecular formula is C18H30N2O4S. The van der Waals surface area contributed by atoms with Crippen molar-refractivity contribution in [3.63, 3.8) is 0 Å². The predicted octanol–water partition coefficient (Wildman–Crippen LogP) is 1.25. The lowest BCUT2D eigenvalue weighted by Crippen LogP contribution is -2.57. The Morgan fingerprint density at radius 2 is 1.92 bits per heavy atom. The normalized spacial score (nSPS) is 44.0. The Kier molecular flexibility index (Phi) is 4.20. The summed E-state index contributed by atoms with van der Waals surface area (Å²) in [6, 6.07) is -0.0898. The number of aliphatic hydroxyl groups is 1. The number of hydrogen-bond acceptors (Lipinski definition) is 4. The zero-order valence-electron chi connectivity index (χ0n) is 15.0. The van der Waals surface area contributed by atoms with Crippen LogP contribution in [-0.4, -0.2) is 54.7 Å². The van der Waals surface area contributed by atoms with Crippen LogP contribution in [0.1, 0.15) is 57.8 Å². The zero-order chi connectivity index (χ0) is 17.9. The van der Waals surface area contributed by atoms with E-state index in [1.165, 1.54) is 17.0 Å². The van der Waals surface area contributed by atoms with Crippen LogP contribution in [0.4, 0.5) is 0 Å². The molecule has 4 aliphatic carbocycles. The zero-order valence-corrected chi connectivity index (χ0v) is 15.9. The molecule has 3 unspecified atom stereocenters. The highest BCUT2D eigenvalue weighted by atomic mass is 32.2. The third kappa shape index (κ3) is 3.60. The summed E-state index contributed by atoms with van der Waals surface area (Å²) in [6.45, 7) is 0.929. The van der Waals surface area contributed by atoms with Gasteiger partial charge >= 0.3 is 0 Å². The van der Waals surface area contributed by atoms with Crippen LogP contribution in [0.2, 0.25) is 0 Å². The molecule has 0 aromatic heterocycles. The molecule has 0 radical (unpaired) electrons. The van der Waals surface area contributed by atoms with Crippen LogP contribution in [0.25, 0.3) is 0 Å². The van der Waals surface area contributed by atoms with E-state index < -0.39 is 15.6 Å². The minimum Gasteiger partial charge on any atom is -0.390 e. The Labute approximate surface area is 150 Å². The molecule has 4 saturated carbocycles. The number of hydrogen-bond donors (Lipinski definition) is 2. The summed E-state index contributed by atoms with van der Waals surface area (Å²) < 4.78 is 24.9. The van der Waals surface area contributed by atoms with Crippen molar-refractivity contribution in [3.8, 4) is 0 Å². The number of nitrogens with zero attached hydrogens (tertiary/aromatic N) is 1. The maximum atomic E-state index is 12.7. The maximum Gasteiger partial charge on any atom is 0.220 e. The van der Waals surface area contributed by atoms with Gasteiger partial charge in [-0.05, 0) is 68.6 Å². The van der Waals surface area contributed by atoms with Crippen molar-refractivity contribution < 1.29 is 18.3 Å². The average molecular weight is 371 g/mol. The van der Waals surface area contributed by atoms with Crippen LogP contribution in [0.5, 0.6) is 0 Å². The first kappa shape index (κ1) is 17.7. The van der Waals surface area contributed by atoms with Gasteiger partial charge in [0.05, 0.1) is 11.9 Å². The third-order valence-electron chi connectivity index (χ3n) is 6.91. The second-order valence-electron chi connectivity index (χ2n) is 9.39. The SMILES string of the molecule is CS(=O)(=O)N1CCCC(NC(=O)CC23CC4CC(CC(O)(C4)C2)C3)C1. The Morgan fingerprint density at radius 3 is 2.52 bits per heavy atom. The van der Waals surface area contributed by atoms with Crippen molar-refractivity contribution in [2.24, 2.45) is 17.3 Å². The quantitative estimate of drug-likeness (QED) is 0.780. The summed E-state index contributed by atoms with van der Waals surface area (Å²) in [5.41, 5.74) is -0.573. The molecule has 25 heavy (non-hydrogen) atoms. The fourth-order valence-corrected chi connectivity index (χ4v) is 7.50. The molecule has 1 aliphatic heterocycles. The molecule has 4 bridgehead atoms. The van der Waals surface area contributed by atoms with Gasteiger partial charge in [0.2, 0.25) is 15.9 Å². The van der Waals surface area contributed by atoms with Gasteiger partial charge in [-0.3, -0.25) is 4.79 Å². The number of amides is 1. The molecule has 5 aliphatic rings. The summed E-state index contributed by atoms with van der Waals surface area (Å²) in [5, 5.41) is 13.9. The van der Waals surface area contributed by atoms with Gasteiger partial charge in [-0.15, -0.1) is 0 Å². The fraction of sp³-hybridized carbons (Fsp3) is 0.944. The lowest BCUT2D eigenvalue weighted by atomic mass is 9.47. The summed E-state index contributed by atoms with van der Waals surface area (Å²) in [7, 11) is -3.20. The van der Waals surface area contributed by atoms with Gasteiger partial charge in [-0.1, -0.05) is 0 Å². The number of carbonyl (C=O) groups is 1. The monoisotopic (exact) mass is 370 g/mol. The van der Waals surface area contributed by atoms with Crippen molar-refractivity contribution in [2.75, 3.05) is 19.3 Å². The topological polar surface area (TPSA) is 86.7 Å². The number of piperidine rings is 1. The molecule has 0 spiro atoms. The number of rotatable bonds is 4. The van der Waals surface area contributed by atoms with Gasteiger partial charge in [-0.2, -0.15) is 0 Å². The molecule has 1 amide bonds. The number of sulfonamides is 1. The van der Waals surface area contributed by atoms with E-state index in [0.29, 0.717) is 31.3 Å².